The third-order valence-corrected chi connectivity index (χ3v) is 9.46. The fourth-order valence-electron chi connectivity index (χ4n) is 4.00. The molecule has 0 unspecified atom stereocenters. The highest BCUT2D eigenvalue weighted by Gasteiger charge is 2.35. The number of hydrogen-bond acceptors (Lipinski definition) is 5. The molecule has 1 aromatic heterocycles. The summed E-state index contributed by atoms with van der Waals surface area (Å²) in [6, 6.07) is 20.2. The average molecular weight is 506 g/mol. The van der Waals surface area contributed by atoms with Gasteiger partial charge in [0.2, 0.25) is 10.0 Å². The van der Waals surface area contributed by atoms with Crippen molar-refractivity contribution in [1.82, 2.24) is 9.29 Å². The molecule has 0 aliphatic heterocycles. The second kappa shape index (κ2) is 9.18. The lowest BCUT2D eigenvalue weighted by atomic mass is 10.1. The van der Waals surface area contributed by atoms with Gasteiger partial charge in [0.15, 0.2) is 5.13 Å². The van der Waals surface area contributed by atoms with Crippen molar-refractivity contribution < 1.29 is 13.2 Å². The third-order valence-electron chi connectivity index (χ3n) is 6.49. The standard InChI is InChI=1S/C27H27N3O3S2/c1-18-15-24-25(16-19(18)2)34-27(28-24)30(17-20-7-5-4-6-8-20)26(31)21-9-13-23(14-10-21)35(32,33)29(3)22-11-12-22/h4-10,13-16,22H,11-12,17H2,1-3H3. The molecule has 180 valence electrons. The zero-order valence-electron chi connectivity index (χ0n) is 19.9. The molecule has 1 aliphatic carbocycles. The Morgan fingerprint density at radius 1 is 1.00 bits per heavy atom. The monoisotopic (exact) mass is 505 g/mol. The van der Waals surface area contributed by atoms with Crippen LogP contribution in [0.25, 0.3) is 10.2 Å². The Kier molecular flexibility index (Phi) is 6.21. The molecular formula is C27H27N3O3S2. The van der Waals surface area contributed by atoms with Gasteiger partial charge in [-0.15, -0.1) is 0 Å². The molecule has 0 atom stereocenters. The maximum atomic E-state index is 13.7. The van der Waals surface area contributed by atoms with Crippen molar-refractivity contribution in [2.75, 3.05) is 11.9 Å². The van der Waals surface area contributed by atoms with Crippen LogP contribution in [0.2, 0.25) is 0 Å². The minimum absolute atomic E-state index is 0.0778. The minimum atomic E-state index is -3.57. The molecule has 6 nitrogen and oxygen atoms in total. The van der Waals surface area contributed by atoms with E-state index < -0.39 is 10.0 Å². The van der Waals surface area contributed by atoms with E-state index >= 15 is 0 Å². The number of rotatable bonds is 7. The van der Waals surface area contributed by atoms with Crippen LogP contribution >= 0.6 is 11.3 Å². The predicted octanol–water partition coefficient (Wildman–Crippen LogP) is 5.54. The van der Waals surface area contributed by atoms with Gasteiger partial charge in [-0.1, -0.05) is 41.7 Å². The number of aryl methyl sites for hydroxylation is 2. The summed E-state index contributed by atoms with van der Waals surface area (Å²) in [7, 11) is -1.95. The van der Waals surface area contributed by atoms with Gasteiger partial charge in [0.25, 0.3) is 5.91 Å². The van der Waals surface area contributed by atoms with Gasteiger partial charge in [0.1, 0.15) is 0 Å². The largest absolute Gasteiger partial charge is 0.279 e. The van der Waals surface area contributed by atoms with Gasteiger partial charge >= 0.3 is 0 Å². The van der Waals surface area contributed by atoms with Crippen LogP contribution in [0, 0.1) is 13.8 Å². The lowest BCUT2D eigenvalue weighted by molar-refractivity contribution is 0.0985. The Morgan fingerprint density at radius 3 is 2.31 bits per heavy atom. The van der Waals surface area contributed by atoms with E-state index in [2.05, 4.69) is 19.9 Å². The number of thiazole rings is 1. The molecule has 4 aromatic rings. The van der Waals surface area contributed by atoms with Crippen LogP contribution < -0.4 is 4.90 Å². The maximum absolute atomic E-state index is 13.7. The van der Waals surface area contributed by atoms with E-state index in [-0.39, 0.29) is 16.8 Å². The molecule has 8 heteroatoms. The zero-order valence-corrected chi connectivity index (χ0v) is 21.6. The fraction of sp³-hybridized carbons (Fsp3) is 0.259. The number of carbonyl (C=O) groups excluding carboxylic acids is 1. The normalized spacial score (nSPS) is 13.9. The summed E-state index contributed by atoms with van der Waals surface area (Å²) < 4.78 is 28.2. The minimum Gasteiger partial charge on any atom is -0.279 e. The second-order valence-electron chi connectivity index (χ2n) is 9.05. The number of nitrogens with zero attached hydrogens (tertiary/aromatic N) is 3. The van der Waals surface area contributed by atoms with Gasteiger partial charge in [-0.3, -0.25) is 9.69 Å². The highest BCUT2D eigenvalue weighted by molar-refractivity contribution is 7.89. The van der Waals surface area contributed by atoms with Crippen LogP contribution in [0.4, 0.5) is 5.13 Å². The van der Waals surface area contributed by atoms with Crippen LogP contribution in [0.15, 0.2) is 71.6 Å². The molecule has 1 amide bonds. The molecule has 5 rings (SSSR count). The number of aromatic nitrogens is 1. The average Bonchev–Trinajstić information content (AvgIpc) is 3.63. The van der Waals surface area contributed by atoms with Crippen molar-refractivity contribution in [2.24, 2.45) is 0 Å². The van der Waals surface area contributed by atoms with Crippen LogP contribution in [0.5, 0.6) is 0 Å². The van der Waals surface area contributed by atoms with Crippen molar-refractivity contribution >= 4 is 42.6 Å². The Morgan fingerprint density at radius 2 is 1.66 bits per heavy atom. The van der Waals surface area contributed by atoms with Crippen molar-refractivity contribution in [3.8, 4) is 0 Å². The van der Waals surface area contributed by atoms with E-state index in [0.717, 1.165) is 34.2 Å². The molecular weight excluding hydrogens is 478 g/mol. The fourth-order valence-corrected chi connectivity index (χ4v) is 6.46. The van der Waals surface area contributed by atoms with E-state index in [4.69, 9.17) is 4.98 Å². The van der Waals surface area contributed by atoms with Crippen LogP contribution in [0.1, 0.15) is 39.9 Å². The van der Waals surface area contributed by atoms with Gasteiger partial charge in [0, 0.05) is 18.7 Å². The van der Waals surface area contributed by atoms with Crippen molar-refractivity contribution in [3.63, 3.8) is 0 Å². The molecule has 0 saturated heterocycles. The Bertz CT molecular complexity index is 1450. The number of anilines is 1. The molecule has 35 heavy (non-hydrogen) atoms. The van der Waals surface area contributed by atoms with Crippen LogP contribution in [-0.4, -0.2) is 36.7 Å². The summed E-state index contributed by atoms with van der Waals surface area (Å²) >= 11 is 1.48. The summed E-state index contributed by atoms with van der Waals surface area (Å²) in [4.78, 5) is 20.4. The van der Waals surface area contributed by atoms with Gasteiger partial charge in [-0.05, 0) is 79.8 Å². The zero-order chi connectivity index (χ0) is 24.7. The van der Waals surface area contributed by atoms with Crippen molar-refractivity contribution in [3.05, 3.63) is 89.0 Å². The Labute approximate surface area is 209 Å². The Hall–Kier alpha value is -3.07. The van der Waals surface area contributed by atoms with Gasteiger partial charge in [-0.25, -0.2) is 13.4 Å². The van der Waals surface area contributed by atoms with Gasteiger partial charge < -0.3 is 0 Å². The molecule has 0 N–H and O–H groups in total. The first kappa shape index (κ1) is 23.7. The molecule has 3 aromatic carbocycles. The Balaban J connectivity index is 1.49. The number of carbonyl (C=O) groups is 1. The number of sulfonamides is 1. The predicted molar refractivity (Wildman–Crippen MR) is 140 cm³/mol. The number of amides is 1. The third kappa shape index (κ3) is 4.74. The molecule has 1 aliphatic rings. The van der Waals surface area contributed by atoms with E-state index in [9.17, 15) is 13.2 Å². The van der Waals surface area contributed by atoms with E-state index in [0.29, 0.717) is 17.2 Å². The number of hydrogen-bond donors (Lipinski definition) is 0. The highest BCUT2D eigenvalue weighted by atomic mass is 32.2. The maximum Gasteiger partial charge on any atom is 0.260 e. The highest BCUT2D eigenvalue weighted by Crippen LogP contribution is 2.33. The lowest BCUT2D eigenvalue weighted by Crippen LogP contribution is -2.31. The quantitative estimate of drug-likeness (QED) is 0.331. The van der Waals surface area contributed by atoms with Crippen LogP contribution in [0.3, 0.4) is 0 Å². The second-order valence-corrected chi connectivity index (χ2v) is 12.1. The van der Waals surface area contributed by atoms with E-state index in [1.807, 2.05) is 36.4 Å². The van der Waals surface area contributed by atoms with Crippen LogP contribution in [-0.2, 0) is 16.6 Å². The smallest absolute Gasteiger partial charge is 0.260 e. The lowest BCUT2D eigenvalue weighted by Gasteiger charge is -2.21. The number of fused-ring (bicyclic) bond motifs is 1. The first-order valence-corrected chi connectivity index (χ1v) is 13.8. The molecule has 0 spiro atoms. The van der Waals surface area contributed by atoms with Crippen molar-refractivity contribution in [2.45, 2.75) is 44.2 Å². The van der Waals surface area contributed by atoms with Crippen molar-refractivity contribution in [1.29, 1.82) is 0 Å². The summed E-state index contributed by atoms with van der Waals surface area (Å²) in [5.74, 6) is -0.221. The van der Waals surface area contributed by atoms with Gasteiger partial charge in [0.05, 0.1) is 21.7 Å². The first-order chi connectivity index (χ1) is 16.7. The molecule has 1 heterocycles. The molecule has 1 saturated carbocycles. The SMILES string of the molecule is Cc1cc2nc(N(Cc3ccccc3)C(=O)c3ccc(S(=O)(=O)N(C)C4CC4)cc3)sc2cc1C. The molecule has 1 fully saturated rings. The number of benzene rings is 3. The topological polar surface area (TPSA) is 70.6 Å². The summed E-state index contributed by atoms with van der Waals surface area (Å²) in [6.07, 6.45) is 1.78. The first-order valence-electron chi connectivity index (χ1n) is 11.6. The van der Waals surface area contributed by atoms with E-state index in [1.54, 1.807) is 24.1 Å². The van der Waals surface area contributed by atoms with E-state index in [1.165, 1.54) is 33.3 Å². The summed E-state index contributed by atoms with van der Waals surface area (Å²) in [6.45, 7) is 4.48. The molecule has 0 radical (unpaired) electrons. The molecule has 0 bridgehead atoms. The summed E-state index contributed by atoms with van der Waals surface area (Å²) in [5, 5.41) is 0.615. The summed E-state index contributed by atoms with van der Waals surface area (Å²) in [5.41, 5.74) is 4.60. The van der Waals surface area contributed by atoms with Gasteiger partial charge in [-0.2, -0.15) is 4.31 Å².